The minimum Gasteiger partial charge on any atom is -0.497 e. The minimum atomic E-state index is 0.711. The molecule has 1 saturated carbocycles. The second-order valence-corrected chi connectivity index (χ2v) is 5.94. The van der Waals surface area contributed by atoms with E-state index in [1.54, 1.807) is 7.11 Å². The standard InChI is InChI=1S/C14H19BrO/c1-10-12(6-7-14(10)15)8-11-4-3-5-13(9-11)16-2/h3-5,9-10,12,14H,6-8H2,1-2H3. The van der Waals surface area contributed by atoms with E-state index in [0.717, 1.165) is 17.6 Å². The average Bonchev–Trinajstić information content (AvgIpc) is 2.61. The molecule has 1 fully saturated rings. The predicted molar refractivity (Wildman–Crippen MR) is 71.3 cm³/mol. The molecule has 0 spiro atoms. The van der Waals surface area contributed by atoms with E-state index >= 15 is 0 Å². The van der Waals surface area contributed by atoms with Crippen molar-refractivity contribution >= 4 is 15.9 Å². The van der Waals surface area contributed by atoms with Crippen LogP contribution < -0.4 is 4.74 Å². The van der Waals surface area contributed by atoms with Crippen molar-refractivity contribution < 1.29 is 4.74 Å². The molecule has 1 aliphatic carbocycles. The number of hydrogen-bond acceptors (Lipinski definition) is 1. The first kappa shape index (κ1) is 12.0. The van der Waals surface area contributed by atoms with Crippen molar-refractivity contribution in [3.8, 4) is 5.75 Å². The lowest BCUT2D eigenvalue weighted by Gasteiger charge is -2.17. The van der Waals surface area contributed by atoms with Crippen molar-refractivity contribution in [2.24, 2.45) is 11.8 Å². The fourth-order valence-corrected chi connectivity index (χ4v) is 3.28. The molecule has 0 radical (unpaired) electrons. The summed E-state index contributed by atoms with van der Waals surface area (Å²) in [4.78, 5) is 0.711. The molecule has 3 unspecified atom stereocenters. The molecule has 0 heterocycles. The van der Waals surface area contributed by atoms with Crippen LogP contribution in [-0.4, -0.2) is 11.9 Å². The Bertz CT molecular complexity index is 350. The molecular weight excluding hydrogens is 264 g/mol. The zero-order valence-electron chi connectivity index (χ0n) is 9.95. The Morgan fingerprint density at radius 1 is 1.38 bits per heavy atom. The van der Waals surface area contributed by atoms with Gasteiger partial charge in [0.1, 0.15) is 5.75 Å². The van der Waals surface area contributed by atoms with Gasteiger partial charge in [-0.2, -0.15) is 0 Å². The van der Waals surface area contributed by atoms with Crippen LogP contribution in [0.1, 0.15) is 25.3 Å². The third kappa shape index (κ3) is 2.60. The van der Waals surface area contributed by atoms with Gasteiger partial charge in [-0.3, -0.25) is 0 Å². The lowest BCUT2D eigenvalue weighted by molar-refractivity contribution is 0.408. The van der Waals surface area contributed by atoms with E-state index in [9.17, 15) is 0 Å². The molecule has 0 bridgehead atoms. The molecular formula is C14H19BrO. The number of methoxy groups -OCH3 is 1. The van der Waals surface area contributed by atoms with Gasteiger partial charge in [-0.25, -0.2) is 0 Å². The summed E-state index contributed by atoms with van der Waals surface area (Å²) in [7, 11) is 1.73. The Balaban J connectivity index is 2.03. The molecule has 1 aromatic carbocycles. The second-order valence-electron chi connectivity index (χ2n) is 4.77. The fraction of sp³-hybridized carbons (Fsp3) is 0.571. The molecule has 3 atom stereocenters. The normalized spacial score (nSPS) is 29.3. The highest BCUT2D eigenvalue weighted by molar-refractivity contribution is 9.09. The van der Waals surface area contributed by atoms with Gasteiger partial charge < -0.3 is 4.74 Å². The molecule has 1 nitrogen and oxygen atoms in total. The first-order valence-electron chi connectivity index (χ1n) is 5.97. The average molecular weight is 283 g/mol. The van der Waals surface area contributed by atoms with Crippen LogP contribution >= 0.6 is 15.9 Å². The van der Waals surface area contributed by atoms with Crippen LogP contribution in [0.15, 0.2) is 24.3 Å². The van der Waals surface area contributed by atoms with Gasteiger partial charge in [0.05, 0.1) is 7.11 Å². The highest BCUT2D eigenvalue weighted by Crippen LogP contribution is 2.38. The fourth-order valence-electron chi connectivity index (χ4n) is 2.58. The summed E-state index contributed by atoms with van der Waals surface area (Å²) in [6.45, 7) is 2.36. The van der Waals surface area contributed by atoms with Crippen molar-refractivity contribution in [3.05, 3.63) is 29.8 Å². The van der Waals surface area contributed by atoms with E-state index in [4.69, 9.17) is 4.74 Å². The summed E-state index contributed by atoms with van der Waals surface area (Å²) >= 11 is 3.76. The largest absolute Gasteiger partial charge is 0.497 e. The molecule has 2 heteroatoms. The van der Waals surface area contributed by atoms with Gasteiger partial charge in [0.2, 0.25) is 0 Å². The summed E-state index contributed by atoms with van der Waals surface area (Å²) in [6.07, 6.45) is 3.84. The van der Waals surface area contributed by atoms with Crippen LogP contribution in [0.4, 0.5) is 0 Å². The SMILES string of the molecule is COc1cccc(CC2CCC(Br)C2C)c1. The van der Waals surface area contributed by atoms with Crippen LogP contribution in [-0.2, 0) is 6.42 Å². The highest BCUT2D eigenvalue weighted by Gasteiger charge is 2.30. The lowest BCUT2D eigenvalue weighted by Crippen LogP contribution is -2.12. The molecule has 2 rings (SSSR count). The minimum absolute atomic E-state index is 0.711. The van der Waals surface area contributed by atoms with Crippen molar-refractivity contribution in [1.29, 1.82) is 0 Å². The second kappa shape index (κ2) is 5.22. The summed E-state index contributed by atoms with van der Waals surface area (Å²) in [5.74, 6) is 2.57. The zero-order chi connectivity index (χ0) is 11.5. The first-order valence-corrected chi connectivity index (χ1v) is 6.89. The predicted octanol–water partition coefficient (Wildman–Crippen LogP) is 4.05. The molecule has 16 heavy (non-hydrogen) atoms. The number of ether oxygens (including phenoxy) is 1. The van der Waals surface area contributed by atoms with Gasteiger partial charge in [0.25, 0.3) is 0 Å². The Morgan fingerprint density at radius 2 is 2.19 bits per heavy atom. The maximum absolute atomic E-state index is 5.26. The molecule has 88 valence electrons. The molecule has 0 aliphatic heterocycles. The van der Waals surface area contributed by atoms with Crippen molar-refractivity contribution in [2.75, 3.05) is 7.11 Å². The molecule has 0 saturated heterocycles. The van der Waals surface area contributed by atoms with Gasteiger partial charge in [-0.1, -0.05) is 35.0 Å². The monoisotopic (exact) mass is 282 g/mol. The van der Waals surface area contributed by atoms with E-state index in [0.29, 0.717) is 4.83 Å². The third-order valence-corrected chi connectivity index (χ3v) is 5.05. The lowest BCUT2D eigenvalue weighted by atomic mass is 9.91. The quantitative estimate of drug-likeness (QED) is 0.760. The van der Waals surface area contributed by atoms with Gasteiger partial charge in [0, 0.05) is 4.83 Å². The molecule has 0 amide bonds. The Hall–Kier alpha value is -0.500. The van der Waals surface area contributed by atoms with E-state index in [1.165, 1.54) is 24.8 Å². The number of benzene rings is 1. The van der Waals surface area contributed by atoms with Crippen molar-refractivity contribution in [1.82, 2.24) is 0 Å². The highest BCUT2D eigenvalue weighted by atomic mass is 79.9. The van der Waals surface area contributed by atoms with Crippen molar-refractivity contribution in [2.45, 2.75) is 31.0 Å². The smallest absolute Gasteiger partial charge is 0.119 e. The van der Waals surface area contributed by atoms with Gasteiger partial charge >= 0.3 is 0 Å². The van der Waals surface area contributed by atoms with Crippen LogP contribution in [0.5, 0.6) is 5.75 Å². The number of hydrogen-bond donors (Lipinski definition) is 0. The summed E-state index contributed by atoms with van der Waals surface area (Å²) in [5.41, 5.74) is 1.40. The van der Waals surface area contributed by atoms with Crippen LogP contribution in [0.25, 0.3) is 0 Å². The van der Waals surface area contributed by atoms with E-state index in [2.05, 4.69) is 41.1 Å². The molecule has 0 aromatic heterocycles. The molecule has 0 N–H and O–H groups in total. The maximum atomic E-state index is 5.26. The van der Waals surface area contributed by atoms with E-state index in [-0.39, 0.29) is 0 Å². The van der Waals surface area contributed by atoms with Gasteiger partial charge in [-0.15, -0.1) is 0 Å². The van der Waals surface area contributed by atoms with E-state index < -0.39 is 0 Å². The van der Waals surface area contributed by atoms with Crippen molar-refractivity contribution in [3.63, 3.8) is 0 Å². The number of rotatable bonds is 3. The number of alkyl halides is 1. The van der Waals surface area contributed by atoms with Crippen LogP contribution in [0, 0.1) is 11.8 Å². The maximum Gasteiger partial charge on any atom is 0.119 e. The Morgan fingerprint density at radius 3 is 2.81 bits per heavy atom. The Kier molecular flexibility index (Phi) is 3.91. The molecule has 1 aromatic rings. The molecule has 1 aliphatic rings. The topological polar surface area (TPSA) is 9.23 Å². The van der Waals surface area contributed by atoms with Gasteiger partial charge in [-0.05, 0) is 48.8 Å². The first-order chi connectivity index (χ1) is 7.70. The number of halogens is 1. The van der Waals surface area contributed by atoms with Crippen LogP contribution in [0.3, 0.4) is 0 Å². The van der Waals surface area contributed by atoms with Crippen LogP contribution in [0.2, 0.25) is 0 Å². The van der Waals surface area contributed by atoms with Gasteiger partial charge in [0.15, 0.2) is 0 Å². The summed E-state index contributed by atoms with van der Waals surface area (Å²) in [6, 6.07) is 8.46. The van der Waals surface area contributed by atoms with E-state index in [1.807, 2.05) is 6.07 Å². The third-order valence-electron chi connectivity index (χ3n) is 3.76. The zero-order valence-corrected chi connectivity index (χ0v) is 11.5. The Labute approximate surface area is 106 Å². The summed E-state index contributed by atoms with van der Waals surface area (Å²) < 4.78 is 5.26. The summed E-state index contributed by atoms with van der Waals surface area (Å²) in [5, 5.41) is 0.